The molecular weight excluding hydrogens is 260 g/mol. The van der Waals surface area contributed by atoms with Crippen molar-refractivity contribution in [3.63, 3.8) is 0 Å². The molecule has 2 nitrogen and oxygen atoms in total. The fourth-order valence-electron chi connectivity index (χ4n) is 2.99. The Kier molecular flexibility index (Phi) is 3.98. The van der Waals surface area contributed by atoms with Crippen LogP contribution >= 0.6 is 0 Å². The molecule has 0 saturated carbocycles. The van der Waals surface area contributed by atoms with Crippen molar-refractivity contribution < 1.29 is 9.84 Å². The molecule has 0 saturated heterocycles. The van der Waals surface area contributed by atoms with Gasteiger partial charge in [-0.3, -0.25) is 0 Å². The van der Waals surface area contributed by atoms with E-state index < -0.39 is 6.10 Å². The Morgan fingerprint density at radius 1 is 1.05 bits per heavy atom. The zero-order valence-corrected chi connectivity index (χ0v) is 12.7. The molecule has 0 heterocycles. The minimum absolute atomic E-state index is 0.171. The first-order valence-corrected chi connectivity index (χ1v) is 7.65. The zero-order valence-electron chi connectivity index (χ0n) is 12.7. The number of ether oxygens (including phenoxy) is 1. The summed E-state index contributed by atoms with van der Waals surface area (Å²) >= 11 is 0. The van der Waals surface area contributed by atoms with Crippen molar-refractivity contribution in [3.8, 4) is 5.75 Å². The lowest BCUT2D eigenvalue weighted by Gasteiger charge is -2.23. The molecule has 2 aromatic carbocycles. The summed E-state index contributed by atoms with van der Waals surface area (Å²) in [6.07, 6.45) is 2.22. The number of aryl methyl sites for hydroxylation is 3. The summed E-state index contributed by atoms with van der Waals surface area (Å²) in [7, 11) is 0. The van der Waals surface area contributed by atoms with E-state index in [4.69, 9.17) is 4.74 Å². The van der Waals surface area contributed by atoms with Gasteiger partial charge in [-0.15, -0.1) is 0 Å². The van der Waals surface area contributed by atoms with Gasteiger partial charge in [-0.05, 0) is 67.5 Å². The lowest BCUT2D eigenvalue weighted by molar-refractivity contribution is 0.0321. The molecule has 3 rings (SSSR count). The highest BCUT2D eigenvalue weighted by molar-refractivity contribution is 5.35. The Morgan fingerprint density at radius 3 is 2.67 bits per heavy atom. The second kappa shape index (κ2) is 5.90. The van der Waals surface area contributed by atoms with Gasteiger partial charge in [-0.25, -0.2) is 0 Å². The summed E-state index contributed by atoms with van der Waals surface area (Å²) in [5.74, 6) is 0.849. The minimum atomic E-state index is -0.551. The van der Waals surface area contributed by atoms with Crippen LogP contribution in [0.5, 0.6) is 5.75 Å². The Morgan fingerprint density at radius 2 is 1.86 bits per heavy atom. The number of benzene rings is 2. The molecule has 2 aromatic rings. The summed E-state index contributed by atoms with van der Waals surface area (Å²) in [5.41, 5.74) is 4.74. The molecule has 1 aliphatic carbocycles. The largest absolute Gasteiger partial charge is 0.487 e. The summed E-state index contributed by atoms with van der Waals surface area (Å²) in [6.45, 7) is 4.18. The van der Waals surface area contributed by atoms with Crippen LogP contribution in [0.3, 0.4) is 0 Å². The standard InChI is InChI=1S/C19H22O2/c1-13-10-11-16(12-14(13)2)21-18-9-5-7-15-6-3-4-8-17(15)19(18)20/h3-4,6,8,10-12,18-20H,5,7,9H2,1-2H3. The van der Waals surface area contributed by atoms with E-state index >= 15 is 0 Å². The van der Waals surface area contributed by atoms with Gasteiger partial charge in [0.2, 0.25) is 0 Å². The molecule has 110 valence electrons. The van der Waals surface area contributed by atoms with E-state index in [0.717, 1.165) is 30.6 Å². The van der Waals surface area contributed by atoms with Crippen LogP contribution in [0.4, 0.5) is 0 Å². The summed E-state index contributed by atoms with van der Waals surface area (Å²) in [5, 5.41) is 10.7. The van der Waals surface area contributed by atoms with E-state index in [1.54, 1.807) is 0 Å². The predicted molar refractivity (Wildman–Crippen MR) is 84.7 cm³/mol. The normalized spacial score (nSPS) is 21.5. The van der Waals surface area contributed by atoms with E-state index in [-0.39, 0.29) is 6.10 Å². The Bertz CT molecular complexity index is 633. The van der Waals surface area contributed by atoms with Gasteiger partial charge in [0.25, 0.3) is 0 Å². The molecule has 0 aromatic heterocycles. The average Bonchev–Trinajstić information content (AvgIpc) is 2.64. The molecule has 21 heavy (non-hydrogen) atoms. The quantitative estimate of drug-likeness (QED) is 0.840. The molecule has 2 heteroatoms. The fourth-order valence-corrected chi connectivity index (χ4v) is 2.99. The zero-order chi connectivity index (χ0) is 14.8. The van der Waals surface area contributed by atoms with E-state index in [1.807, 2.05) is 24.3 Å². The maximum atomic E-state index is 10.7. The van der Waals surface area contributed by atoms with Gasteiger partial charge in [0.1, 0.15) is 18.0 Å². The van der Waals surface area contributed by atoms with Crippen molar-refractivity contribution in [2.24, 2.45) is 0 Å². The lowest BCUT2D eigenvalue weighted by atomic mass is 10.00. The summed E-state index contributed by atoms with van der Waals surface area (Å²) < 4.78 is 6.09. The van der Waals surface area contributed by atoms with Crippen molar-refractivity contribution in [1.82, 2.24) is 0 Å². The molecule has 0 fully saturated rings. The average molecular weight is 282 g/mol. The number of aliphatic hydroxyl groups is 1. The molecule has 2 atom stereocenters. The lowest BCUT2D eigenvalue weighted by Crippen LogP contribution is -2.24. The molecule has 0 radical (unpaired) electrons. The second-order valence-corrected chi connectivity index (χ2v) is 5.94. The SMILES string of the molecule is Cc1ccc(OC2CCCc3ccccc3C2O)cc1C. The van der Waals surface area contributed by atoms with E-state index in [1.165, 1.54) is 16.7 Å². The second-order valence-electron chi connectivity index (χ2n) is 5.94. The maximum Gasteiger partial charge on any atom is 0.129 e. The van der Waals surface area contributed by atoms with Crippen LogP contribution < -0.4 is 4.74 Å². The molecule has 1 aliphatic rings. The third-order valence-electron chi connectivity index (χ3n) is 4.43. The topological polar surface area (TPSA) is 29.5 Å². The van der Waals surface area contributed by atoms with Gasteiger partial charge in [0.15, 0.2) is 0 Å². The third-order valence-corrected chi connectivity index (χ3v) is 4.43. The van der Waals surface area contributed by atoms with Crippen LogP contribution in [0.25, 0.3) is 0 Å². The molecule has 0 bridgehead atoms. The third kappa shape index (κ3) is 2.96. The summed E-state index contributed by atoms with van der Waals surface area (Å²) in [4.78, 5) is 0. The number of aliphatic hydroxyl groups excluding tert-OH is 1. The van der Waals surface area contributed by atoms with E-state index in [2.05, 4.69) is 32.0 Å². The number of hydrogen-bond donors (Lipinski definition) is 1. The van der Waals surface area contributed by atoms with Crippen LogP contribution in [0, 0.1) is 13.8 Å². The van der Waals surface area contributed by atoms with E-state index in [0.29, 0.717) is 0 Å². The number of rotatable bonds is 2. The first-order valence-electron chi connectivity index (χ1n) is 7.65. The van der Waals surface area contributed by atoms with Gasteiger partial charge in [0.05, 0.1) is 0 Å². The summed E-state index contributed by atoms with van der Waals surface area (Å²) in [6, 6.07) is 14.3. The Balaban J connectivity index is 1.84. The van der Waals surface area contributed by atoms with Crippen molar-refractivity contribution in [3.05, 3.63) is 64.7 Å². The molecule has 0 aliphatic heterocycles. The fraction of sp³-hybridized carbons (Fsp3) is 0.368. The highest BCUT2D eigenvalue weighted by atomic mass is 16.5. The molecule has 2 unspecified atom stereocenters. The van der Waals surface area contributed by atoms with Gasteiger partial charge in [-0.2, -0.15) is 0 Å². The number of hydrogen-bond acceptors (Lipinski definition) is 2. The van der Waals surface area contributed by atoms with Crippen molar-refractivity contribution in [2.75, 3.05) is 0 Å². The van der Waals surface area contributed by atoms with Crippen LogP contribution in [0.1, 0.15) is 41.2 Å². The molecular formula is C19H22O2. The highest BCUT2D eigenvalue weighted by Gasteiger charge is 2.27. The minimum Gasteiger partial charge on any atom is -0.487 e. The Hall–Kier alpha value is -1.80. The van der Waals surface area contributed by atoms with Gasteiger partial charge in [-0.1, -0.05) is 30.3 Å². The first kappa shape index (κ1) is 14.2. The Labute approximate surface area is 126 Å². The van der Waals surface area contributed by atoms with E-state index in [9.17, 15) is 5.11 Å². The predicted octanol–water partition coefficient (Wildman–Crippen LogP) is 4.12. The first-order chi connectivity index (χ1) is 10.1. The molecule has 0 spiro atoms. The number of fused-ring (bicyclic) bond motifs is 1. The van der Waals surface area contributed by atoms with Crippen molar-refractivity contribution in [2.45, 2.75) is 45.3 Å². The van der Waals surface area contributed by atoms with Crippen molar-refractivity contribution >= 4 is 0 Å². The monoisotopic (exact) mass is 282 g/mol. The van der Waals surface area contributed by atoms with Gasteiger partial charge in [0, 0.05) is 0 Å². The van der Waals surface area contributed by atoms with Gasteiger partial charge >= 0.3 is 0 Å². The van der Waals surface area contributed by atoms with Crippen LogP contribution in [0.15, 0.2) is 42.5 Å². The maximum absolute atomic E-state index is 10.7. The molecule has 0 amide bonds. The van der Waals surface area contributed by atoms with Crippen LogP contribution in [-0.2, 0) is 6.42 Å². The van der Waals surface area contributed by atoms with Gasteiger partial charge < -0.3 is 9.84 Å². The molecule has 1 N–H and O–H groups in total. The smallest absolute Gasteiger partial charge is 0.129 e. The van der Waals surface area contributed by atoms with Crippen LogP contribution in [0.2, 0.25) is 0 Å². The van der Waals surface area contributed by atoms with Crippen LogP contribution in [-0.4, -0.2) is 11.2 Å². The van der Waals surface area contributed by atoms with Crippen molar-refractivity contribution in [1.29, 1.82) is 0 Å². The highest BCUT2D eigenvalue weighted by Crippen LogP contribution is 2.32.